The first-order chi connectivity index (χ1) is 10.1. The summed E-state index contributed by atoms with van der Waals surface area (Å²) in [4.78, 5) is 10.9. The first kappa shape index (κ1) is 14.8. The number of fused-ring (bicyclic) bond motifs is 1. The third kappa shape index (κ3) is 2.91. The van der Waals surface area contributed by atoms with E-state index >= 15 is 0 Å². The first-order valence-corrected chi connectivity index (χ1v) is 8.55. The molecule has 0 atom stereocenters. The fraction of sp³-hybridized carbons (Fsp3) is 0.200. The van der Waals surface area contributed by atoms with Crippen LogP contribution in [0.15, 0.2) is 28.7 Å². The van der Waals surface area contributed by atoms with Crippen LogP contribution in [0.3, 0.4) is 0 Å². The lowest BCUT2D eigenvalue weighted by atomic mass is 10.2. The highest BCUT2D eigenvalue weighted by atomic mass is 79.9. The van der Waals surface area contributed by atoms with Gasteiger partial charge in [-0.15, -0.1) is 11.3 Å². The molecule has 0 saturated carbocycles. The summed E-state index contributed by atoms with van der Waals surface area (Å²) in [5.74, 6) is 0.752. The van der Waals surface area contributed by atoms with Gasteiger partial charge in [0, 0.05) is 15.0 Å². The van der Waals surface area contributed by atoms with Gasteiger partial charge in [0.25, 0.3) is 0 Å². The Labute approximate surface area is 140 Å². The van der Waals surface area contributed by atoms with Gasteiger partial charge in [0.2, 0.25) is 5.28 Å². The summed E-state index contributed by atoms with van der Waals surface area (Å²) in [5, 5.41) is 4.66. The molecule has 108 valence electrons. The number of halogens is 2. The van der Waals surface area contributed by atoms with E-state index in [0.717, 1.165) is 38.2 Å². The Kier molecular flexibility index (Phi) is 4.15. The Morgan fingerprint density at radius 2 is 2.14 bits per heavy atom. The van der Waals surface area contributed by atoms with E-state index < -0.39 is 0 Å². The number of aromatic nitrogens is 2. The predicted octanol–water partition coefficient (Wildman–Crippen LogP) is 5.72. The fourth-order valence-corrected chi connectivity index (χ4v) is 3.64. The Morgan fingerprint density at radius 1 is 1.33 bits per heavy atom. The number of aryl methyl sites for hydroxylation is 1. The van der Waals surface area contributed by atoms with Gasteiger partial charge in [-0.3, -0.25) is 0 Å². The Morgan fingerprint density at radius 3 is 2.90 bits per heavy atom. The van der Waals surface area contributed by atoms with Crippen molar-refractivity contribution in [3.63, 3.8) is 0 Å². The van der Waals surface area contributed by atoms with Crippen molar-refractivity contribution in [3.05, 3.63) is 44.5 Å². The summed E-state index contributed by atoms with van der Waals surface area (Å²) in [6.45, 7) is 4.18. The maximum atomic E-state index is 6.05. The Hall–Kier alpha value is -1.17. The summed E-state index contributed by atoms with van der Waals surface area (Å²) in [6.07, 6.45) is 0.980. The van der Waals surface area contributed by atoms with Crippen molar-refractivity contribution in [2.24, 2.45) is 0 Å². The maximum Gasteiger partial charge on any atom is 0.225 e. The highest BCUT2D eigenvalue weighted by Gasteiger charge is 2.12. The van der Waals surface area contributed by atoms with E-state index in [9.17, 15) is 0 Å². The van der Waals surface area contributed by atoms with E-state index in [0.29, 0.717) is 0 Å². The summed E-state index contributed by atoms with van der Waals surface area (Å²) in [6, 6.07) is 8.16. The molecule has 0 fully saturated rings. The number of thiophene rings is 1. The molecule has 2 heterocycles. The van der Waals surface area contributed by atoms with Crippen LogP contribution in [-0.2, 0) is 6.42 Å². The number of nitrogens with one attached hydrogen (secondary N) is 1. The van der Waals surface area contributed by atoms with Gasteiger partial charge in [-0.05, 0) is 48.7 Å². The molecule has 0 aliphatic rings. The van der Waals surface area contributed by atoms with Crippen molar-refractivity contribution in [2.45, 2.75) is 20.3 Å². The summed E-state index contributed by atoms with van der Waals surface area (Å²) >= 11 is 11.2. The minimum Gasteiger partial charge on any atom is -0.339 e. The summed E-state index contributed by atoms with van der Waals surface area (Å²) in [5.41, 5.74) is 2.14. The van der Waals surface area contributed by atoms with Gasteiger partial charge in [0.15, 0.2) is 0 Å². The van der Waals surface area contributed by atoms with Gasteiger partial charge in [-0.25, -0.2) is 4.98 Å². The van der Waals surface area contributed by atoms with Crippen LogP contribution in [0.2, 0.25) is 5.28 Å². The fourth-order valence-electron chi connectivity index (χ4n) is 2.09. The van der Waals surface area contributed by atoms with Crippen LogP contribution in [-0.4, -0.2) is 9.97 Å². The number of hydrogen-bond donors (Lipinski definition) is 1. The van der Waals surface area contributed by atoms with Crippen LogP contribution < -0.4 is 5.32 Å². The number of rotatable bonds is 3. The second-order valence-corrected chi connectivity index (χ2v) is 6.97. The molecule has 3 nitrogen and oxygen atoms in total. The van der Waals surface area contributed by atoms with Gasteiger partial charge in [-0.1, -0.05) is 28.9 Å². The maximum absolute atomic E-state index is 6.05. The second kappa shape index (κ2) is 5.91. The lowest BCUT2D eigenvalue weighted by Gasteiger charge is -2.11. The summed E-state index contributed by atoms with van der Waals surface area (Å²) < 4.78 is 1.06. The van der Waals surface area contributed by atoms with Gasteiger partial charge in [0.1, 0.15) is 10.6 Å². The molecule has 0 spiro atoms. The topological polar surface area (TPSA) is 37.8 Å². The van der Waals surface area contributed by atoms with E-state index in [1.54, 1.807) is 11.3 Å². The molecule has 6 heteroatoms. The third-order valence-corrected chi connectivity index (χ3v) is 5.49. The monoisotopic (exact) mass is 381 g/mol. The summed E-state index contributed by atoms with van der Waals surface area (Å²) in [7, 11) is 0. The molecule has 21 heavy (non-hydrogen) atoms. The molecule has 1 N–H and O–H groups in total. The van der Waals surface area contributed by atoms with Crippen LogP contribution in [0, 0.1) is 6.92 Å². The molecule has 0 aliphatic carbocycles. The van der Waals surface area contributed by atoms with Gasteiger partial charge in [0.05, 0.1) is 5.39 Å². The van der Waals surface area contributed by atoms with E-state index in [-0.39, 0.29) is 5.28 Å². The molecule has 2 aromatic heterocycles. The van der Waals surface area contributed by atoms with Crippen molar-refractivity contribution in [1.82, 2.24) is 9.97 Å². The van der Waals surface area contributed by atoms with E-state index in [2.05, 4.69) is 51.1 Å². The van der Waals surface area contributed by atoms with Gasteiger partial charge in [-0.2, -0.15) is 4.98 Å². The predicted molar refractivity (Wildman–Crippen MR) is 94.0 cm³/mol. The molecule has 0 aliphatic heterocycles. The highest BCUT2D eigenvalue weighted by molar-refractivity contribution is 9.10. The minimum absolute atomic E-state index is 0.266. The zero-order chi connectivity index (χ0) is 15.0. The average Bonchev–Trinajstić information content (AvgIpc) is 2.87. The molecule has 3 aromatic rings. The van der Waals surface area contributed by atoms with Crippen LogP contribution in [0.5, 0.6) is 0 Å². The zero-order valence-corrected chi connectivity index (χ0v) is 14.7. The number of nitrogens with zero attached hydrogens (tertiary/aromatic N) is 2. The Bertz CT molecular complexity index is 816. The van der Waals surface area contributed by atoms with Crippen LogP contribution in [0.4, 0.5) is 11.5 Å². The van der Waals surface area contributed by atoms with E-state index in [1.165, 1.54) is 4.88 Å². The standard InChI is InChI=1S/C15H13BrClN3S/c1-3-9-7-10-13(19-15(17)20-14(10)21-9)18-12-6-4-5-11(16)8(12)2/h4-7H,3H2,1-2H3,(H,18,19,20). The van der Waals surface area contributed by atoms with Crippen molar-refractivity contribution in [1.29, 1.82) is 0 Å². The lowest BCUT2D eigenvalue weighted by molar-refractivity contribution is 1.19. The highest BCUT2D eigenvalue weighted by Crippen LogP contribution is 2.33. The van der Waals surface area contributed by atoms with Gasteiger partial charge >= 0.3 is 0 Å². The normalized spacial score (nSPS) is 11.0. The molecule has 0 saturated heterocycles. The molecule has 3 rings (SSSR count). The smallest absolute Gasteiger partial charge is 0.225 e. The first-order valence-electron chi connectivity index (χ1n) is 6.56. The van der Waals surface area contributed by atoms with E-state index in [1.807, 2.05) is 18.2 Å². The van der Waals surface area contributed by atoms with Crippen LogP contribution in [0.1, 0.15) is 17.4 Å². The zero-order valence-electron chi connectivity index (χ0n) is 11.6. The molecule has 0 bridgehead atoms. The number of anilines is 2. The minimum atomic E-state index is 0.266. The quantitative estimate of drug-likeness (QED) is 0.588. The number of hydrogen-bond acceptors (Lipinski definition) is 4. The largest absolute Gasteiger partial charge is 0.339 e. The molecular weight excluding hydrogens is 370 g/mol. The van der Waals surface area contributed by atoms with Crippen molar-refractivity contribution in [3.8, 4) is 0 Å². The lowest BCUT2D eigenvalue weighted by Crippen LogP contribution is -1.98. The molecule has 1 aromatic carbocycles. The second-order valence-electron chi connectivity index (χ2n) is 4.66. The number of benzene rings is 1. The SMILES string of the molecule is CCc1cc2c(Nc3cccc(Br)c3C)nc(Cl)nc2s1. The van der Waals surface area contributed by atoms with Crippen molar-refractivity contribution >= 4 is 60.6 Å². The van der Waals surface area contributed by atoms with E-state index in [4.69, 9.17) is 11.6 Å². The molecule has 0 amide bonds. The molecule has 0 radical (unpaired) electrons. The third-order valence-electron chi connectivity index (χ3n) is 3.29. The Balaban J connectivity index is 2.11. The van der Waals surface area contributed by atoms with Gasteiger partial charge < -0.3 is 5.32 Å². The van der Waals surface area contributed by atoms with Crippen LogP contribution in [0.25, 0.3) is 10.2 Å². The average molecular weight is 383 g/mol. The van der Waals surface area contributed by atoms with Crippen molar-refractivity contribution in [2.75, 3.05) is 5.32 Å². The van der Waals surface area contributed by atoms with Crippen molar-refractivity contribution < 1.29 is 0 Å². The molecule has 0 unspecified atom stereocenters. The molecular formula is C15H13BrClN3S. The van der Waals surface area contributed by atoms with Crippen LogP contribution >= 0.6 is 38.9 Å².